The van der Waals surface area contributed by atoms with E-state index in [0.717, 1.165) is 4.90 Å². The van der Waals surface area contributed by atoms with Gasteiger partial charge in [-0.05, 0) is 48.0 Å². The third-order valence-corrected chi connectivity index (χ3v) is 5.31. The minimum atomic E-state index is -0.487. The zero-order valence-corrected chi connectivity index (χ0v) is 18.6. The van der Waals surface area contributed by atoms with Crippen LogP contribution in [0.3, 0.4) is 0 Å². The van der Waals surface area contributed by atoms with Crippen LogP contribution in [0.15, 0.2) is 78.5 Å². The lowest BCUT2D eigenvalue weighted by molar-refractivity contribution is -0.120. The molecule has 0 saturated carbocycles. The maximum absolute atomic E-state index is 13.4. The Morgan fingerprint density at radius 1 is 0.909 bits per heavy atom. The molecule has 3 aromatic rings. The number of rotatable bonds is 6. The van der Waals surface area contributed by atoms with Crippen molar-refractivity contribution in [3.63, 3.8) is 0 Å². The summed E-state index contributed by atoms with van der Waals surface area (Å²) < 4.78 is 5.18. The molecule has 8 heteroatoms. The Hall–Kier alpha value is -4.10. The van der Waals surface area contributed by atoms with Gasteiger partial charge >= 0.3 is 0 Å². The fraction of sp³-hybridized carbons (Fsp3) is 0.0800. The zero-order chi connectivity index (χ0) is 23.5. The second-order valence-corrected chi connectivity index (χ2v) is 7.67. The molecule has 0 fully saturated rings. The van der Waals surface area contributed by atoms with Gasteiger partial charge in [-0.1, -0.05) is 41.9 Å². The summed E-state index contributed by atoms with van der Waals surface area (Å²) in [5, 5.41) is 6.11. The van der Waals surface area contributed by atoms with Crippen molar-refractivity contribution in [2.45, 2.75) is 6.92 Å². The summed E-state index contributed by atoms with van der Waals surface area (Å²) in [6, 6.07) is 20.4. The van der Waals surface area contributed by atoms with Gasteiger partial charge in [0.15, 0.2) is 0 Å². The molecule has 0 radical (unpaired) electrons. The quantitative estimate of drug-likeness (QED) is 0.519. The number of nitrogens with zero attached hydrogens (tertiary/aromatic N) is 1. The highest BCUT2D eigenvalue weighted by molar-refractivity contribution is 6.46. The Morgan fingerprint density at radius 3 is 2.18 bits per heavy atom. The molecule has 7 nitrogen and oxygen atoms in total. The number of ether oxygens (including phenoxy) is 1. The van der Waals surface area contributed by atoms with Crippen molar-refractivity contribution in [1.29, 1.82) is 0 Å². The Balaban J connectivity index is 1.78. The van der Waals surface area contributed by atoms with Gasteiger partial charge in [-0.15, -0.1) is 0 Å². The maximum atomic E-state index is 13.4. The second-order valence-electron chi connectivity index (χ2n) is 7.26. The third-order valence-electron chi connectivity index (χ3n) is 5.01. The molecular weight excluding hydrogens is 442 g/mol. The molecule has 0 atom stereocenters. The fourth-order valence-corrected chi connectivity index (χ4v) is 3.79. The lowest BCUT2D eigenvalue weighted by Gasteiger charge is -2.15. The summed E-state index contributed by atoms with van der Waals surface area (Å²) >= 11 is 6.24. The number of carbonyl (C=O) groups is 3. The lowest BCUT2D eigenvalue weighted by Crippen LogP contribution is -2.32. The van der Waals surface area contributed by atoms with Crippen molar-refractivity contribution < 1.29 is 19.1 Å². The van der Waals surface area contributed by atoms with E-state index in [0.29, 0.717) is 33.4 Å². The van der Waals surface area contributed by atoms with Gasteiger partial charge in [0.2, 0.25) is 5.91 Å². The zero-order valence-electron chi connectivity index (χ0n) is 17.9. The van der Waals surface area contributed by atoms with Gasteiger partial charge in [-0.3, -0.25) is 14.4 Å². The average Bonchev–Trinajstić information content (AvgIpc) is 3.04. The summed E-state index contributed by atoms with van der Waals surface area (Å²) in [6.45, 7) is 1.41. The standard InChI is InChI=1S/C25H20ClN3O4/c1-15(30)27-17-10-8-16(9-11-17)22-23(28-18-12-13-21(33-2)20(26)14-18)25(32)29(24(22)31)19-6-4-3-5-7-19/h3-14,28H,1-2H3,(H,27,30). The summed E-state index contributed by atoms with van der Waals surface area (Å²) in [5.41, 5.74) is 2.44. The number of anilines is 3. The Kier molecular flexibility index (Phi) is 6.15. The van der Waals surface area contributed by atoms with Gasteiger partial charge in [0.1, 0.15) is 11.4 Å². The van der Waals surface area contributed by atoms with Crippen LogP contribution in [-0.2, 0) is 14.4 Å². The van der Waals surface area contributed by atoms with Gasteiger partial charge in [0, 0.05) is 18.3 Å². The molecule has 33 heavy (non-hydrogen) atoms. The molecule has 1 heterocycles. The molecule has 1 aliphatic heterocycles. The van der Waals surface area contributed by atoms with E-state index in [1.54, 1.807) is 66.7 Å². The molecule has 0 saturated heterocycles. The fourth-order valence-electron chi connectivity index (χ4n) is 3.54. The summed E-state index contributed by atoms with van der Waals surface area (Å²) in [5.74, 6) is -0.660. The largest absolute Gasteiger partial charge is 0.495 e. The number of methoxy groups -OCH3 is 1. The number of carbonyl (C=O) groups excluding carboxylic acids is 3. The van der Waals surface area contributed by atoms with Crippen LogP contribution in [0.25, 0.3) is 5.57 Å². The van der Waals surface area contributed by atoms with E-state index in [4.69, 9.17) is 16.3 Å². The van der Waals surface area contributed by atoms with Crippen molar-refractivity contribution in [2.75, 3.05) is 22.6 Å². The molecule has 0 spiro atoms. The van der Waals surface area contributed by atoms with E-state index in [1.165, 1.54) is 14.0 Å². The monoisotopic (exact) mass is 461 g/mol. The van der Waals surface area contributed by atoms with Crippen molar-refractivity contribution in [3.05, 3.63) is 89.1 Å². The number of imide groups is 1. The Morgan fingerprint density at radius 2 is 1.58 bits per heavy atom. The highest BCUT2D eigenvalue weighted by atomic mass is 35.5. The molecule has 2 N–H and O–H groups in total. The van der Waals surface area contributed by atoms with E-state index >= 15 is 0 Å². The molecular formula is C25H20ClN3O4. The minimum absolute atomic E-state index is 0.123. The molecule has 0 unspecified atom stereocenters. The number of halogens is 1. The van der Waals surface area contributed by atoms with E-state index in [1.807, 2.05) is 6.07 Å². The predicted octanol–water partition coefficient (Wildman–Crippen LogP) is 4.70. The first-order valence-corrected chi connectivity index (χ1v) is 10.4. The van der Waals surface area contributed by atoms with Crippen molar-refractivity contribution >= 4 is 52.0 Å². The first-order chi connectivity index (χ1) is 15.9. The summed E-state index contributed by atoms with van der Waals surface area (Å²) in [6.07, 6.45) is 0. The van der Waals surface area contributed by atoms with Crippen molar-refractivity contribution in [3.8, 4) is 5.75 Å². The molecule has 0 aliphatic carbocycles. The van der Waals surface area contributed by atoms with Crippen molar-refractivity contribution in [1.82, 2.24) is 0 Å². The number of amides is 3. The highest BCUT2D eigenvalue weighted by Crippen LogP contribution is 2.35. The molecule has 4 rings (SSSR count). The smallest absolute Gasteiger partial charge is 0.282 e. The van der Waals surface area contributed by atoms with Crippen LogP contribution in [0.2, 0.25) is 5.02 Å². The normalized spacial score (nSPS) is 13.4. The lowest BCUT2D eigenvalue weighted by atomic mass is 10.0. The summed E-state index contributed by atoms with van der Waals surface area (Å²) in [4.78, 5) is 39.3. The number of hydrogen-bond donors (Lipinski definition) is 2. The number of benzene rings is 3. The van der Waals surface area contributed by atoms with Gasteiger partial charge in [-0.25, -0.2) is 4.90 Å². The van der Waals surface area contributed by atoms with Gasteiger partial charge in [-0.2, -0.15) is 0 Å². The van der Waals surface area contributed by atoms with Crippen LogP contribution in [0.5, 0.6) is 5.75 Å². The first kappa shape index (κ1) is 22.1. The van der Waals surface area contributed by atoms with Crippen LogP contribution in [-0.4, -0.2) is 24.8 Å². The van der Waals surface area contributed by atoms with E-state index in [9.17, 15) is 14.4 Å². The van der Waals surface area contributed by atoms with E-state index in [-0.39, 0.29) is 17.2 Å². The number of hydrogen-bond acceptors (Lipinski definition) is 5. The van der Waals surface area contributed by atoms with Gasteiger partial charge in [0.05, 0.1) is 23.4 Å². The van der Waals surface area contributed by atoms with Gasteiger partial charge in [0.25, 0.3) is 11.8 Å². The molecule has 3 amide bonds. The second kappa shape index (κ2) is 9.18. The molecule has 166 valence electrons. The maximum Gasteiger partial charge on any atom is 0.282 e. The third kappa shape index (κ3) is 4.44. The average molecular weight is 462 g/mol. The summed E-state index contributed by atoms with van der Waals surface area (Å²) in [7, 11) is 1.51. The van der Waals surface area contributed by atoms with Crippen LogP contribution in [0, 0.1) is 0 Å². The van der Waals surface area contributed by atoms with Crippen molar-refractivity contribution in [2.24, 2.45) is 0 Å². The Bertz CT molecular complexity index is 1270. The minimum Gasteiger partial charge on any atom is -0.495 e. The van der Waals surface area contributed by atoms with E-state index < -0.39 is 11.8 Å². The molecule has 0 aromatic heterocycles. The molecule has 0 bridgehead atoms. The van der Waals surface area contributed by atoms with Gasteiger partial charge < -0.3 is 15.4 Å². The number of para-hydroxylation sites is 1. The van der Waals surface area contributed by atoms with Crippen LogP contribution >= 0.6 is 11.6 Å². The molecule has 1 aliphatic rings. The van der Waals surface area contributed by atoms with Crippen LogP contribution in [0.1, 0.15) is 12.5 Å². The van der Waals surface area contributed by atoms with Crippen LogP contribution < -0.4 is 20.3 Å². The topological polar surface area (TPSA) is 87.7 Å². The van der Waals surface area contributed by atoms with Crippen LogP contribution in [0.4, 0.5) is 17.1 Å². The predicted molar refractivity (Wildman–Crippen MR) is 128 cm³/mol. The number of nitrogens with one attached hydrogen (secondary N) is 2. The first-order valence-electron chi connectivity index (χ1n) is 10.1. The SMILES string of the molecule is COc1ccc(NC2=C(c3ccc(NC(C)=O)cc3)C(=O)N(c3ccccc3)C2=O)cc1Cl. The molecule has 3 aromatic carbocycles. The van der Waals surface area contributed by atoms with E-state index in [2.05, 4.69) is 10.6 Å². The Labute approximate surface area is 195 Å². The highest BCUT2D eigenvalue weighted by Gasteiger charge is 2.40.